The maximum absolute atomic E-state index is 16.0. The Kier molecular flexibility index (Phi) is 24.5. The highest BCUT2D eigenvalue weighted by atomic mass is 19.1. The maximum atomic E-state index is 16.0. The van der Waals surface area contributed by atoms with Crippen LogP contribution in [0.1, 0.15) is 208 Å². The number of nitrogens with zero attached hydrogens (tertiary/aromatic N) is 1. The van der Waals surface area contributed by atoms with Gasteiger partial charge in [-0.15, -0.1) is 0 Å². The predicted molar refractivity (Wildman–Crippen MR) is 229 cm³/mol. The summed E-state index contributed by atoms with van der Waals surface area (Å²) in [6.45, 7) is 16.8. The Bertz CT molecular complexity index is 1120. The molecule has 0 amide bonds. The first kappa shape index (κ1) is 51.4. The first-order chi connectivity index (χ1) is 27.0. The molecule has 7 nitrogen and oxygen atoms in total. The highest BCUT2D eigenvalue weighted by Gasteiger charge is 2.60. The standard InChI is InChI=1S/C48H86FNO6.FH/c1-7-13-17-22-39(23-18-14-8-2)30-43(52)55-37-47-28-27-46(36-54-42(51)26-21-29-50(11-5)12-6)31-40(32-47)33-48(34-46,35-47)38-56-45(53)44(49)41(24-19-15-9-3)25-20-16-10-4;/h39-41,44H,7-38H2,1-6H3;1H/t40?,44-,46?,47?,48?;/m1./s1. The van der Waals surface area contributed by atoms with Gasteiger partial charge in [0.15, 0.2) is 6.17 Å². The lowest BCUT2D eigenvalue weighted by Gasteiger charge is -2.54. The van der Waals surface area contributed by atoms with E-state index < -0.39 is 12.1 Å². The number of carbonyl (C=O) groups is 3. The molecule has 5 atom stereocenters. The Hall–Kier alpha value is -1.77. The van der Waals surface area contributed by atoms with Crippen molar-refractivity contribution < 1.29 is 37.7 Å². The average molecular weight is 812 g/mol. The van der Waals surface area contributed by atoms with Gasteiger partial charge in [-0.05, 0) is 109 Å². The molecule has 0 N–H and O–H groups in total. The van der Waals surface area contributed by atoms with Crippen molar-refractivity contribution in [1.82, 2.24) is 4.90 Å². The average Bonchev–Trinajstić information content (AvgIpc) is 3.36. The van der Waals surface area contributed by atoms with Gasteiger partial charge in [0.2, 0.25) is 0 Å². The van der Waals surface area contributed by atoms with Crippen molar-refractivity contribution in [2.45, 2.75) is 215 Å². The molecular weight excluding hydrogens is 725 g/mol. The van der Waals surface area contributed by atoms with E-state index in [0.717, 1.165) is 148 Å². The summed E-state index contributed by atoms with van der Waals surface area (Å²) in [5, 5.41) is 0. The molecule has 334 valence electrons. The van der Waals surface area contributed by atoms with E-state index in [1.54, 1.807) is 0 Å². The molecule has 0 aromatic rings. The summed E-state index contributed by atoms with van der Waals surface area (Å²) in [4.78, 5) is 42.5. The van der Waals surface area contributed by atoms with E-state index in [0.29, 0.717) is 37.9 Å². The van der Waals surface area contributed by atoms with E-state index in [2.05, 4.69) is 46.4 Å². The minimum atomic E-state index is -1.61. The van der Waals surface area contributed by atoms with E-state index in [9.17, 15) is 14.4 Å². The molecule has 4 unspecified atom stereocenters. The fraction of sp³-hybridized carbons (Fsp3) is 0.938. The zero-order valence-electron chi connectivity index (χ0n) is 37.6. The number of ether oxygens (including phenoxy) is 3. The zero-order chi connectivity index (χ0) is 40.9. The van der Waals surface area contributed by atoms with Crippen LogP contribution in [0.5, 0.6) is 0 Å². The second kappa shape index (κ2) is 27.2. The fourth-order valence-corrected chi connectivity index (χ4v) is 11.2. The van der Waals surface area contributed by atoms with Gasteiger partial charge in [0.05, 0.1) is 19.8 Å². The summed E-state index contributed by atoms with van der Waals surface area (Å²) < 4.78 is 34.5. The minimum Gasteiger partial charge on any atom is -0.465 e. The first-order valence-corrected chi connectivity index (χ1v) is 23.8. The van der Waals surface area contributed by atoms with Crippen LogP contribution in [-0.2, 0) is 28.6 Å². The van der Waals surface area contributed by atoms with Crippen LogP contribution in [0.4, 0.5) is 9.09 Å². The van der Waals surface area contributed by atoms with Crippen molar-refractivity contribution in [3.05, 3.63) is 0 Å². The summed E-state index contributed by atoms with van der Waals surface area (Å²) in [6.07, 6.45) is 23.0. The van der Waals surface area contributed by atoms with Gasteiger partial charge < -0.3 is 19.1 Å². The molecular formula is C48H87F2NO6. The smallest absolute Gasteiger partial charge is 0.341 e. The normalized spacial score (nSPS) is 24.4. The summed E-state index contributed by atoms with van der Waals surface area (Å²) in [5.41, 5.74) is -0.778. The van der Waals surface area contributed by atoms with Gasteiger partial charge in [-0.2, -0.15) is 0 Å². The molecule has 4 bridgehead atoms. The lowest BCUT2D eigenvalue weighted by atomic mass is 9.51. The van der Waals surface area contributed by atoms with Crippen LogP contribution in [0.25, 0.3) is 0 Å². The third kappa shape index (κ3) is 17.4. The van der Waals surface area contributed by atoms with Crippen LogP contribution in [0.2, 0.25) is 0 Å². The van der Waals surface area contributed by atoms with Gasteiger partial charge in [0.25, 0.3) is 0 Å². The number of fused-ring (bicyclic) bond motifs is 1. The van der Waals surface area contributed by atoms with E-state index in [1.807, 2.05) is 0 Å². The third-order valence-corrected chi connectivity index (χ3v) is 14.1. The van der Waals surface area contributed by atoms with Gasteiger partial charge in [0, 0.05) is 35.0 Å². The number of halogens is 2. The number of hydrogen-bond donors (Lipinski definition) is 0. The monoisotopic (exact) mass is 812 g/mol. The second-order valence-corrected chi connectivity index (χ2v) is 19.1. The number of hydrogen-bond acceptors (Lipinski definition) is 7. The van der Waals surface area contributed by atoms with E-state index in [-0.39, 0.29) is 45.4 Å². The van der Waals surface area contributed by atoms with Crippen molar-refractivity contribution in [3.63, 3.8) is 0 Å². The molecule has 0 heterocycles. The van der Waals surface area contributed by atoms with Gasteiger partial charge in [0.1, 0.15) is 0 Å². The quantitative estimate of drug-likeness (QED) is 0.0380. The molecule has 0 radical (unpaired) electrons. The third-order valence-electron chi connectivity index (χ3n) is 14.1. The Morgan fingerprint density at radius 2 is 1.07 bits per heavy atom. The van der Waals surface area contributed by atoms with Crippen molar-refractivity contribution in [1.29, 1.82) is 0 Å². The van der Waals surface area contributed by atoms with Crippen molar-refractivity contribution >= 4 is 17.9 Å². The molecule has 57 heavy (non-hydrogen) atoms. The van der Waals surface area contributed by atoms with E-state index >= 15 is 4.39 Å². The van der Waals surface area contributed by atoms with Crippen molar-refractivity contribution in [3.8, 4) is 0 Å². The number of esters is 3. The highest BCUT2D eigenvalue weighted by Crippen LogP contribution is 2.66. The molecule has 9 heteroatoms. The Morgan fingerprint density at radius 1 is 0.614 bits per heavy atom. The molecule has 4 fully saturated rings. The molecule has 4 aliphatic rings. The molecule has 0 aromatic heterocycles. The number of carbonyl (C=O) groups excluding carboxylic acids is 3. The number of alkyl halides is 1. The van der Waals surface area contributed by atoms with Crippen molar-refractivity contribution in [2.24, 2.45) is 34.0 Å². The first-order valence-electron chi connectivity index (χ1n) is 23.8. The maximum Gasteiger partial charge on any atom is 0.341 e. The Balaban J connectivity index is 0.0000112. The minimum absolute atomic E-state index is 0. The molecule has 0 saturated heterocycles. The van der Waals surface area contributed by atoms with Gasteiger partial charge in [-0.3, -0.25) is 14.3 Å². The lowest BCUT2D eigenvalue weighted by Crippen LogP contribution is -2.50. The van der Waals surface area contributed by atoms with Crippen molar-refractivity contribution in [2.75, 3.05) is 39.5 Å². The van der Waals surface area contributed by atoms with Crippen LogP contribution in [-0.4, -0.2) is 68.4 Å². The summed E-state index contributed by atoms with van der Waals surface area (Å²) in [5.74, 6) is -0.501. The molecule has 0 aromatic carbocycles. The van der Waals surface area contributed by atoms with E-state index in [4.69, 9.17) is 14.2 Å². The summed E-state index contributed by atoms with van der Waals surface area (Å²) in [7, 11) is 0. The molecule has 0 spiro atoms. The highest BCUT2D eigenvalue weighted by molar-refractivity contribution is 5.75. The second-order valence-electron chi connectivity index (χ2n) is 19.1. The molecule has 4 rings (SSSR count). The molecule has 4 saturated carbocycles. The summed E-state index contributed by atoms with van der Waals surface area (Å²) >= 11 is 0. The topological polar surface area (TPSA) is 82.1 Å². The van der Waals surface area contributed by atoms with Gasteiger partial charge in [-0.25, -0.2) is 9.18 Å². The van der Waals surface area contributed by atoms with Crippen LogP contribution in [0.15, 0.2) is 0 Å². The summed E-state index contributed by atoms with van der Waals surface area (Å²) in [6, 6.07) is 0. The molecule has 4 aliphatic carbocycles. The van der Waals surface area contributed by atoms with Gasteiger partial charge in [-0.1, -0.05) is 119 Å². The van der Waals surface area contributed by atoms with Crippen LogP contribution >= 0.6 is 0 Å². The zero-order valence-corrected chi connectivity index (χ0v) is 37.6. The van der Waals surface area contributed by atoms with Crippen LogP contribution in [0.3, 0.4) is 0 Å². The van der Waals surface area contributed by atoms with Gasteiger partial charge >= 0.3 is 17.9 Å². The number of rotatable bonds is 32. The number of unbranched alkanes of at least 4 members (excludes halogenated alkanes) is 8. The SMILES string of the molecule is CCCCCC(CCCCC)CC(=O)OCC12CCC3(COC(=O)CCCN(CC)CC)CC(C1)CC(COC(=O)[C@H](F)C(CCCCC)CCCCC)(C3)C2.F. The van der Waals surface area contributed by atoms with Crippen LogP contribution < -0.4 is 0 Å². The molecule has 0 aliphatic heterocycles. The Morgan fingerprint density at radius 3 is 1.56 bits per heavy atom. The lowest BCUT2D eigenvalue weighted by molar-refractivity contribution is -0.168. The van der Waals surface area contributed by atoms with E-state index in [1.165, 1.54) is 25.7 Å². The Labute approximate surface area is 347 Å². The predicted octanol–water partition coefficient (Wildman–Crippen LogP) is 12.5. The van der Waals surface area contributed by atoms with Crippen LogP contribution in [0, 0.1) is 34.0 Å². The fourth-order valence-electron chi connectivity index (χ4n) is 11.2. The largest absolute Gasteiger partial charge is 0.465 e.